The lowest BCUT2D eigenvalue weighted by Gasteiger charge is -2.32. The van der Waals surface area contributed by atoms with Gasteiger partial charge in [-0.2, -0.15) is 0 Å². The molecule has 3 aromatic rings. The minimum atomic E-state index is 0.0275. The van der Waals surface area contributed by atoms with Crippen molar-refractivity contribution >= 4 is 27.5 Å². The van der Waals surface area contributed by atoms with E-state index in [-0.39, 0.29) is 11.5 Å². The Hall–Kier alpha value is -2.47. The summed E-state index contributed by atoms with van der Waals surface area (Å²) in [6.45, 7) is 5.88. The second-order valence-electron chi connectivity index (χ2n) is 7.48. The van der Waals surface area contributed by atoms with Gasteiger partial charge in [-0.3, -0.25) is 14.2 Å². The number of aromatic nitrogens is 2. The molecule has 1 fully saturated rings. The van der Waals surface area contributed by atoms with Crippen LogP contribution in [-0.2, 0) is 17.8 Å². The molecule has 0 unspecified atom stereocenters. The minimum Gasteiger partial charge on any atom is -0.343 e. The first-order valence-corrected chi connectivity index (χ1v) is 10.7. The molecule has 1 aliphatic heterocycles. The van der Waals surface area contributed by atoms with Crippen LogP contribution in [-0.4, -0.2) is 33.4 Å². The highest BCUT2D eigenvalue weighted by atomic mass is 32.1. The molecule has 1 aliphatic rings. The predicted octanol–water partition coefficient (Wildman–Crippen LogP) is 3.95. The number of nitrogens with zero attached hydrogens (tertiary/aromatic N) is 3. The van der Waals surface area contributed by atoms with E-state index in [0.29, 0.717) is 12.5 Å². The second kappa shape index (κ2) is 7.87. The van der Waals surface area contributed by atoms with Crippen LogP contribution in [0.3, 0.4) is 0 Å². The van der Waals surface area contributed by atoms with Gasteiger partial charge in [0.25, 0.3) is 5.56 Å². The number of amides is 1. The van der Waals surface area contributed by atoms with Gasteiger partial charge >= 0.3 is 0 Å². The summed E-state index contributed by atoms with van der Waals surface area (Å²) in [6.07, 6.45) is 4.58. The van der Waals surface area contributed by atoms with Crippen molar-refractivity contribution in [3.63, 3.8) is 0 Å². The highest BCUT2D eigenvalue weighted by Crippen LogP contribution is 2.36. The molecule has 28 heavy (non-hydrogen) atoms. The topological polar surface area (TPSA) is 55.2 Å². The monoisotopic (exact) mass is 395 g/mol. The first-order chi connectivity index (χ1) is 13.6. The molecule has 0 N–H and O–H groups in total. The van der Waals surface area contributed by atoms with E-state index in [9.17, 15) is 9.59 Å². The fourth-order valence-electron chi connectivity index (χ4n) is 4.14. The van der Waals surface area contributed by atoms with Gasteiger partial charge in [-0.05, 0) is 30.7 Å². The van der Waals surface area contributed by atoms with Crippen LogP contribution < -0.4 is 5.56 Å². The molecule has 146 valence electrons. The Labute approximate surface area is 168 Å². The van der Waals surface area contributed by atoms with Crippen LogP contribution in [0.1, 0.15) is 31.6 Å². The Balaban J connectivity index is 1.74. The van der Waals surface area contributed by atoms with Gasteiger partial charge < -0.3 is 4.90 Å². The number of fused-ring (bicyclic) bond motifs is 1. The quantitative estimate of drug-likeness (QED) is 0.672. The molecule has 0 saturated carbocycles. The maximum Gasteiger partial charge on any atom is 0.262 e. The Morgan fingerprint density at radius 3 is 2.79 bits per heavy atom. The lowest BCUT2D eigenvalue weighted by Crippen LogP contribution is -2.40. The molecule has 1 amide bonds. The number of benzene rings is 1. The van der Waals surface area contributed by atoms with Gasteiger partial charge in [0.2, 0.25) is 5.91 Å². The molecule has 1 aromatic carbocycles. The Bertz CT molecular complexity index is 1050. The third kappa shape index (κ3) is 3.49. The van der Waals surface area contributed by atoms with Gasteiger partial charge in [0.1, 0.15) is 4.83 Å². The van der Waals surface area contributed by atoms with Gasteiger partial charge in [-0.25, -0.2) is 4.98 Å². The summed E-state index contributed by atoms with van der Waals surface area (Å²) in [6, 6.07) is 10.1. The van der Waals surface area contributed by atoms with E-state index in [4.69, 9.17) is 0 Å². The highest BCUT2D eigenvalue weighted by molar-refractivity contribution is 7.19. The molecule has 6 heteroatoms. The maximum absolute atomic E-state index is 13.4. The van der Waals surface area contributed by atoms with Gasteiger partial charge in [0.05, 0.1) is 11.7 Å². The molecular weight excluding hydrogens is 370 g/mol. The number of rotatable bonds is 4. The summed E-state index contributed by atoms with van der Waals surface area (Å²) >= 11 is 1.61. The summed E-state index contributed by atoms with van der Waals surface area (Å²) < 4.78 is 1.75. The number of thiophene rings is 1. The van der Waals surface area contributed by atoms with Crippen LogP contribution in [0.15, 0.2) is 41.5 Å². The van der Waals surface area contributed by atoms with Crippen LogP contribution in [0.2, 0.25) is 0 Å². The molecule has 4 rings (SSSR count). The molecule has 1 saturated heterocycles. The number of piperidine rings is 1. The molecular formula is C22H25N3O2S. The molecule has 0 aliphatic carbocycles. The standard InChI is InChI=1S/C22H25N3O2S/c1-3-18-19(17-9-5-4-6-10-17)20-21(28-18)23-14-25(22(20)27)13-16-8-7-11-24(12-16)15(2)26/h4-6,9-10,14,16H,3,7-8,11-13H2,1-2H3/t16-/m0/s1. The first kappa shape index (κ1) is 18.9. The van der Waals surface area contributed by atoms with Gasteiger partial charge in [-0.1, -0.05) is 37.3 Å². The van der Waals surface area contributed by atoms with E-state index >= 15 is 0 Å². The third-order valence-corrected chi connectivity index (χ3v) is 6.80. The van der Waals surface area contributed by atoms with Crippen molar-refractivity contribution in [2.24, 2.45) is 5.92 Å². The number of likely N-dealkylation sites (tertiary alicyclic amines) is 1. The lowest BCUT2D eigenvalue weighted by molar-refractivity contribution is -0.130. The number of aryl methyl sites for hydroxylation is 1. The molecule has 0 bridgehead atoms. The van der Waals surface area contributed by atoms with Crippen LogP contribution in [0.4, 0.5) is 0 Å². The van der Waals surface area contributed by atoms with Crippen molar-refractivity contribution in [1.82, 2.24) is 14.5 Å². The molecule has 1 atom stereocenters. The summed E-state index contributed by atoms with van der Waals surface area (Å²) in [4.78, 5) is 33.6. The van der Waals surface area contributed by atoms with Crippen molar-refractivity contribution in [1.29, 1.82) is 0 Å². The summed E-state index contributed by atoms with van der Waals surface area (Å²) in [7, 11) is 0. The minimum absolute atomic E-state index is 0.0275. The van der Waals surface area contributed by atoms with Crippen LogP contribution >= 0.6 is 11.3 Å². The average Bonchev–Trinajstić information content (AvgIpc) is 3.10. The average molecular weight is 396 g/mol. The van der Waals surface area contributed by atoms with Crippen molar-refractivity contribution in [3.05, 3.63) is 51.9 Å². The van der Waals surface area contributed by atoms with Crippen LogP contribution in [0, 0.1) is 5.92 Å². The fraction of sp³-hybridized carbons (Fsp3) is 0.409. The Morgan fingerprint density at radius 1 is 1.29 bits per heavy atom. The smallest absolute Gasteiger partial charge is 0.262 e. The molecule has 2 aromatic heterocycles. The zero-order chi connectivity index (χ0) is 19.7. The second-order valence-corrected chi connectivity index (χ2v) is 8.56. The van der Waals surface area contributed by atoms with E-state index in [0.717, 1.165) is 53.7 Å². The van der Waals surface area contributed by atoms with E-state index in [1.54, 1.807) is 29.2 Å². The Morgan fingerprint density at radius 2 is 2.07 bits per heavy atom. The third-order valence-electron chi connectivity index (χ3n) is 5.55. The van der Waals surface area contributed by atoms with E-state index < -0.39 is 0 Å². The largest absolute Gasteiger partial charge is 0.343 e. The maximum atomic E-state index is 13.4. The van der Waals surface area contributed by atoms with Crippen molar-refractivity contribution in [3.8, 4) is 11.1 Å². The van der Waals surface area contributed by atoms with Gasteiger partial charge in [0.15, 0.2) is 0 Å². The van der Waals surface area contributed by atoms with E-state index in [1.165, 1.54) is 4.88 Å². The van der Waals surface area contributed by atoms with Crippen LogP contribution in [0.5, 0.6) is 0 Å². The molecule has 0 radical (unpaired) electrons. The Kier molecular flexibility index (Phi) is 5.31. The zero-order valence-corrected chi connectivity index (χ0v) is 17.2. The van der Waals surface area contributed by atoms with E-state index in [1.807, 2.05) is 23.1 Å². The first-order valence-electron chi connectivity index (χ1n) is 9.90. The summed E-state index contributed by atoms with van der Waals surface area (Å²) in [5.41, 5.74) is 2.13. The molecule has 5 nitrogen and oxygen atoms in total. The van der Waals surface area contributed by atoms with Crippen molar-refractivity contribution < 1.29 is 4.79 Å². The van der Waals surface area contributed by atoms with Gasteiger partial charge in [-0.15, -0.1) is 11.3 Å². The zero-order valence-electron chi connectivity index (χ0n) is 16.4. The number of hydrogen-bond donors (Lipinski definition) is 0. The van der Waals surface area contributed by atoms with Crippen molar-refractivity contribution in [2.75, 3.05) is 13.1 Å². The summed E-state index contributed by atoms with van der Waals surface area (Å²) in [5.74, 6) is 0.404. The summed E-state index contributed by atoms with van der Waals surface area (Å²) in [5, 5.41) is 0.731. The van der Waals surface area contributed by atoms with Gasteiger partial charge in [0, 0.05) is 37.0 Å². The predicted molar refractivity (Wildman–Crippen MR) is 114 cm³/mol. The highest BCUT2D eigenvalue weighted by Gasteiger charge is 2.23. The lowest BCUT2D eigenvalue weighted by atomic mass is 9.97. The number of hydrogen-bond acceptors (Lipinski definition) is 4. The van der Waals surface area contributed by atoms with E-state index in [2.05, 4.69) is 24.0 Å². The fourth-order valence-corrected chi connectivity index (χ4v) is 5.23. The van der Waals surface area contributed by atoms with Crippen LogP contribution in [0.25, 0.3) is 21.3 Å². The number of carbonyl (C=O) groups excluding carboxylic acids is 1. The molecule has 3 heterocycles. The van der Waals surface area contributed by atoms with Crippen molar-refractivity contribution in [2.45, 2.75) is 39.7 Å². The molecule has 0 spiro atoms. The SMILES string of the molecule is CCc1sc2ncn(C[C@H]3CCCN(C(C)=O)C3)c(=O)c2c1-c1ccccc1. The normalized spacial score (nSPS) is 17.2. The number of carbonyl (C=O) groups is 1.